The van der Waals surface area contributed by atoms with Crippen LogP contribution in [0.1, 0.15) is 38.2 Å². The van der Waals surface area contributed by atoms with Crippen molar-refractivity contribution in [1.82, 2.24) is 15.1 Å². The zero-order valence-electron chi connectivity index (χ0n) is 16.7. The van der Waals surface area contributed by atoms with Crippen LogP contribution < -0.4 is 10.1 Å². The van der Waals surface area contributed by atoms with Crippen molar-refractivity contribution < 1.29 is 14.3 Å². The van der Waals surface area contributed by atoms with Gasteiger partial charge in [0.2, 0.25) is 11.8 Å². The van der Waals surface area contributed by atoms with Crippen LogP contribution in [0.3, 0.4) is 0 Å². The fourth-order valence-electron chi connectivity index (χ4n) is 5.24. The van der Waals surface area contributed by atoms with Crippen molar-refractivity contribution in [1.29, 1.82) is 0 Å². The Morgan fingerprint density at radius 2 is 2.11 bits per heavy atom. The number of para-hydroxylation sites is 1. The predicted molar refractivity (Wildman–Crippen MR) is 107 cm³/mol. The number of hydrogen-bond donors (Lipinski definition) is 1. The van der Waals surface area contributed by atoms with Crippen LogP contribution in [-0.4, -0.2) is 60.4 Å². The van der Waals surface area contributed by atoms with Gasteiger partial charge in [0.1, 0.15) is 5.75 Å². The lowest BCUT2D eigenvalue weighted by molar-refractivity contribution is -0.145. The Kier molecular flexibility index (Phi) is 5.85. The summed E-state index contributed by atoms with van der Waals surface area (Å²) in [5.41, 5.74) is 1.00. The number of fused-ring (bicyclic) bond motifs is 4. The molecular weight excluding hydrogens is 354 g/mol. The second kappa shape index (κ2) is 8.52. The average Bonchev–Trinajstić information content (AvgIpc) is 2.68. The fourth-order valence-corrected chi connectivity index (χ4v) is 5.24. The van der Waals surface area contributed by atoms with E-state index >= 15 is 0 Å². The number of hydrogen-bond acceptors (Lipinski definition) is 4. The van der Waals surface area contributed by atoms with Crippen molar-refractivity contribution in [2.24, 2.45) is 11.8 Å². The molecule has 3 aliphatic heterocycles. The number of nitrogens with one attached hydrogen (secondary N) is 1. The van der Waals surface area contributed by atoms with Gasteiger partial charge in [-0.3, -0.25) is 14.5 Å². The molecule has 0 aliphatic carbocycles. The fraction of sp³-hybridized carbons (Fsp3) is 0.636. The van der Waals surface area contributed by atoms with E-state index in [9.17, 15) is 9.59 Å². The van der Waals surface area contributed by atoms with Crippen molar-refractivity contribution in [2.75, 3.05) is 32.8 Å². The monoisotopic (exact) mass is 385 g/mol. The van der Waals surface area contributed by atoms with E-state index in [-0.39, 0.29) is 5.91 Å². The predicted octanol–water partition coefficient (Wildman–Crippen LogP) is 2.03. The molecule has 6 heteroatoms. The molecule has 0 spiro atoms. The highest BCUT2D eigenvalue weighted by atomic mass is 16.5. The lowest BCUT2D eigenvalue weighted by Crippen LogP contribution is -2.61. The molecule has 3 fully saturated rings. The number of rotatable bonds is 6. The SMILES string of the molecule is CCOc1ccccc1CNC(=O)CN1CC2CC(C1)[C@H]1CCCC(=O)N1C2. The third kappa shape index (κ3) is 4.17. The van der Waals surface area contributed by atoms with Crippen molar-refractivity contribution in [3.05, 3.63) is 29.8 Å². The molecule has 3 saturated heterocycles. The Morgan fingerprint density at radius 1 is 1.25 bits per heavy atom. The Balaban J connectivity index is 1.31. The first-order chi connectivity index (χ1) is 13.6. The third-order valence-corrected chi connectivity index (χ3v) is 6.37. The molecule has 1 aromatic carbocycles. The normalized spacial score (nSPS) is 27.2. The number of likely N-dealkylation sites (tertiary alicyclic amines) is 1. The highest BCUT2D eigenvalue weighted by molar-refractivity contribution is 5.78. The highest BCUT2D eigenvalue weighted by Gasteiger charge is 2.43. The molecule has 28 heavy (non-hydrogen) atoms. The lowest BCUT2D eigenvalue weighted by atomic mass is 9.76. The number of benzene rings is 1. The summed E-state index contributed by atoms with van der Waals surface area (Å²) in [4.78, 5) is 29.2. The summed E-state index contributed by atoms with van der Waals surface area (Å²) in [6.45, 7) is 6.21. The molecule has 1 aromatic rings. The molecule has 3 aliphatic rings. The topological polar surface area (TPSA) is 61.9 Å². The summed E-state index contributed by atoms with van der Waals surface area (Å²) < 4.78 is 5.63. The first-order valence-electron chi connectivity index (χ1n) is 10.6. The number of piperidine rings is 3. The second-order valence-corrected chi connectivity index (χ2v) is 8.38. The van der Waals surface area contributed by atoms with Gasteiger partial charge in [-0.05, 0) is 44.1 Å². The molecule has 0 saturated carbocycles. The number of carbonyl (C=O) groups excluding carboxylic acids is 2. The first kappa shape index (κ1) is 19.2. The van der Waals surface area contributed by atoms with Crippen LogP contribution in [0.2, 0.25) is 0 Å². The molecule has 2 amide bonds. The van der Waals surface area contributed by atoms with E-state index in [1.807, 2.05) is 31.2 Å². The largest absolute Gasteiger partial charge is 0.494 e. The molecule has 6 nitrogen and oxygen atoms in total. The summed E-state index contributed by atoms with van der Waals surface area (Å²) in [7, 11) is 0. The maximum Gasteiger partial charge on any atom is 0.234 e. The number of nitrogens with zero attached hydrogens (tertiary/aromatic N) is 2. The van der Waals surface area contributed by atoms with E-state index in [1.54, 1.807) is 0 Å². The van der Waals surface area contributed by atoms with Crippen molar-refractivity contribution in [3.63, 3.8) is 0 Å². The summed E-state index contributed by atoms with van der Waals surface area (Å²) in [6.07, 6.45) is 4.05. The minimum atomic E-state index is 0.0582. The van der Waals surface area contributed by atoms with Gasteiger partial charge in [0.05, 0.1) is 13.2 Å². The highest BCUT2D eigenvalue weighted by Crippen LogP contribution is 2.37. The van der Waals surface area contributed by atoms with Crippen molar-refractivity contribution in [3.8, 4) is 5.75 Å². The maximum atomic E-state index is 12.6. The summed E-state index contributed by atoms with van der Waals surface area (Å²) in [6, 6.07) is 8.23. The van der Waals surface area contributed by atoms with E-state index in [0.717, 1.165) is 43.8 Å². The Bertz CT molecular complexity index is 723. The lowest BCUT2D eigenvalue weighted by Gasteiger charge is -2.52. The number of ether oxygens (including phenoxy) is 1. The molecule has 152 valence electrons. The number of amides is 2. The molecule has 1 N–H and O–H groups in total. The first-order valence-corrected chi connectivity index (χ1v) is 10.6. The Hall–Kier alpha value is -2.08. The van der Waals surface area contributed by atoms with Gasteiger partial charge < -0.3 is 15.0 Å². The van der Waals surface area contributed by atoms with Crippen molar-refractivity contribution >= 4 is 11.8 Å². The minimum Gasteiger partial charge on any atom is -0.494 e. The minimum absolute atomic E-state index is 0.0582. The van der Waals surface area contributed by atoms with Gasteiger partial charge in [-0.1, -0.05) is 18.2 Å². The van der Waals surface area contributed by atoms with Gasteiger partial charge in [-0.15, -0.1) is 0 Å². The van der Waals surface area contributed by atoms with Gasteiger partial charge in [0, 0.05) is 44.2 Å². The Morgan fingerprint density at radius 3 is 2.96 bits per heavy atom. The zero-order valence-corrected chi connectivity index (χ0v) is 16.7. The van der Waals surface area contributed by atoms with Gasteiger partial charge in [-0.25, -0.2) is 0 Å². The quantitative estimate of drug-likeness (QED) is 0.814. The molecular formula is C22H31N3O3. The Labute approximate surface area is 167 Å². The van der Waals surface area contributed by atoms with Crippen LogP contribution in [0.25, 0.3) is 0 Å². The summed E-state index contributed by atoms with van der Waals surface area (Å²) >= 11 is 0. The summed E-state index contributed by atoms with van der Waals surface area (Å²) in [5.74, 6) is 2.25. The second-order valence-electron chi connectivity index (χ2n) is 8.38. The van der Waals surface area contributed by atoms with Crippen LogP contribution >= 0.6 is 0 Å². The molecule has 3 heterocycles. The van der Waals surface area contributed by atoms with Gasteiger partial charge in [-0.2, -0.15) is 0 Å². The van der Waals surface area contributed by atoms with Gasteiger partial charge in [0.25, 0.3) is 0 Å². The summed E-state index contributed by atoms with van der Waals surface area (Å²) in [5, 5.41) is 3.05. The van der Waals surface area contributed by atoms with Crippen LogP contribution in [0.5, 0.6) is 5.75 Å². The van der Waals surface area contributed by atoms with E-state index in [0.29, 0.717) is 49.9 Å². The van der Waals surface area contributed by atoms with Crippen LogP contribution in [-0.2, 0) is 16.1 Å². The van der Waals surface area contributed by atoms with E-state index in [2.05, 4.69) is 15.1 Å². The van der Waals surface area contributed by atoms with E-state index in [1.165, 1.54) is 6.42 Å². The molecule has 3 atom stereocenters. The number of carbonyl (C=O) groups is 2. The van der Waals surface area contributed by atoms with Gasteiger partial charge >= 0.3 is 0 Å². The van der Waals surface area contributed by atoms with Crippen LogP contribution in [0, 0.1) is 11.8 Å². The van der Waals surface area contributed by atoms with E-state index < -0.39 is 0 Å². The molecule has 0 radical (unpaired) electrons. The molecule has 2 unspecified atom stereocenters. The van der Waals surface area contributed by atoms with Crippen LogP contribution in [0.15, 0.2) is 24.3 Å². The van der Waals surface area contributed by atoms with Crippen molar-refractivity contribution in [2.45, 2.75) is 45.2 Å². The average molecular weight is 386 g/mol. The smallest absolute Gasteiger partial charge is 0.234 e. The third-order valence-electron chi connectivity index (χ3n) is 6.37. The maximum absolute atomic E-state index is 12.6. The standard InChI is InChI=1S/C22H31N3O3/c1-2-28-20-8-4-3-6-17(20)11-23-21(26)15-24-12-16-10-18(14-24)19-7-5-9-22(27)25(19)13-16/h3-4,6,8,16,18-19H,2,5,7,9-15H2,1H3,(H,23,26)/t16?,18?,19-/m1/s1. The molecule has 4 rings (SSSR count). The van der Waals surface area contributed by atoms with Gasteiger partial charge in [0.15, 0.2) is 0 Å². The van der Waals surface area contributed by atoms with Crippen LogP contribution in [0.4, 0.5) is 0 Å². The molecule has 2 bridgehead atoms. The molecule has 0 aromatic heterocycles. The van der Waals surface area contributed by atoms with E-state index in [4.69, 9.17) is 4.74 Å². The zero-order chi connectivity index (χ0) is 19.5.